The molecule has 1 heterocycles. The molecule has 0 aliphatic carbocycles. The first-order chi connectivity index (χ1) is 13.1. The fourth-order valence-corrected chi connectivity index (χ4v) is 3.17. The Morgan fingerprint density at radius 3 is 2.63 bits per heavy atom. The molecule has 134 valence electrons. The Morgan fingerprint density at radius 2 is 1.85 bits per heavy atom. The van der Waals surface area contributed by atoms with Gasteiger partial charge in [-0.2, -0.15) is 0 Å². The lowest BCUT2D eigenvalue weighted by Gasteiger charge is -2.07. The number of fused-ring (bicyclic) bond motifs is 1. The fraction of sp³-hybridized carbons (Fsp3) is 0.0455. The first-order valence-corrected chi connectivity index (χ1v) is 9.09. The molecule has 3 nitrogen and oxygen atoms in total. The zero-order valence-electron chi connectivity index (χ0n) is 14.1. The molecule has 0 bridgehead atoms. The summed E-state index contributed by atoms with van der Waals surface area (Å²) in [7, 11) is 0. The molecule has 0 radical (unpaired) electrons. The van der Waals surface area contributed by atoms with Crippen molar-refractivity contribution in [1.82, 2.24) is 0 Å². The number of carbonyl (C=O) groups is 1. The molecule has 5 heteroatoms. The number of carbonyl (C=O) groups excluding carboxylic acids is 1. The molecule has 0 fully saturated rings. The van der Waals surface area contributed by atoms with Crippen molar-refractivity contribution < 1.29 is 18.7 Å². The molecular formula is C22H14BrFO3. The zero-order valence-corrected chi connectivity index (χ0v) is 15.7. The molecule has 1 aliphatic rings. The molecule has 3 aromatic rings. The smallest absolute Gasteiger partial charge is 0.231 e. The highest BCUT2D eigenvalue weighted by Crippen LogP contribution is 2.35. The average Bonchev–Trinajstić information content (AvgIpc) is 2.96. The van der Waals surface area contributed by atoms with Crippen LogP contribution in [0.5, 0.6) is 11.5 Å². The number of rotatable bonds is 4. The Morgan fingerprint density at radius 1 is 1.04 bits per heavy atom. The molecule has 0 saturated heterocycles. The second-order valence-corrected chi connectivity index (χ2v) is 6.98. The molecular weight excluding hydrogens is 411 g/mol. The molecule has 0 amide bonds. The standard InChI is InChI=1S/C22H14BrFO3/c23-16-3-1-2-15(10-16)11-21-22(25)19-9-8-18(12-20(19)27-21)26-13-14-4-6-17(24)7-5-14/h1-12H,13H2/b21-11-. The van der Waals surface area contributed by atoms with E-state index >= 15 is 0 Å². The number of allylic oxidation sites excluding steroid dienone is 1. The number of halogens is 2. The summed E-state index contributed by atoms with van der Waals surface area (Å²) in [5.41, 5.74) is 2.22. The van der Waals surface area contributed by atoms with Gasteiger partial charge in [0.2, 0.25) is 5.78 Å². The quantitative estimate of drug-likeness (QED) is 0.497. The highest BCUT2D eigenvalue weighted by Gasteiger charge is 2.27. The van der Waals surface area contributed by atoms with E-state index in [9.17, 15) is 9.18 Å². The highest BCUT2D eigenvalue weighted by molar-refractivity contribution is 9.10. The summed E-state index contributed by atoms with van der Waals surface area (Å²) >= 11 is 3.41. The van der Waals surface area contributed by atoms with E-state index in [1.54, 1.807) is 36.4 Å². The van der Waals surface area contributed by atoms with Crippen LogP contribution in [0.2, 0.25) is 0 Å². The van der Waals surface area contributed by atoms with Crippen LogP contribution in [-0.4, -0.2) is 5.78 Å². The van der Waals surface area contributed by atoms with Crippen LogP contribution in [0.15, 0.2) is 77.0 Å². The van der Waals surface area contributed by atoms with Gasteiger partial charge >= 0.3 is 0 Å². The lowest BCUT2D eigenvalue weighted by Crippen LogP contribution is -1.98. The SMILES string of the molecule is O=C1/C(=C/c2cccc(Br)c2)Oc2cc(OCc3ccc(F)cc3)ccc21. The lowest BCUT2D eigenvalue weighted by molar-refractivity contribution is 0.101. The molecule has 0 N–H and O–H groups in total. The van der Waals surface area contributed by atoms with E-state index < -0.39 is 0 Å². The summed E-state index contributed by atoms with van der Waals surface area (Å²) in [5.74, 6) is 0.884. The van der Waals surface area contributed by atoms with E-state index in [1.165, 1.54) is 12.1 Å². The molecule has 0 unspecified atom stereocenters. The van der Waals surface area contributed by atoms with Crippen LogP contribution < -0.4 is 9.47 Å². The van der Waals surface area contributed by atoms with Gasteiger partial charge in [0, 0.05) is 10.5 Å². The van der Waals surface area contributed by atoms with Crippen LogP contribution in [0, 0.1) is 5.82 Å². The van der Waals surface area contributed by atoms with E-state index in [1.807, 2.05) is 24.3 Å². The van der Waals surface area contributed by atoms with Crippen LogP contribution in [0.4, 0.5) is 4.39 Å². The zero-order chi connectivity index (χ0) is 18.8. The van der Waals surface area contributed by atoms with Gasteiger partial charge in [-0.1, -0.05) is 40.2 Å². The Hall–Kier alpha value is -2.92. The third-order valence-corrected chi connectivity index (χ3v) is 4.60. The Balaban J connectivity index is 1.51. The Bertz CT molecular complexity index is 1040. The Labute approximate surface area is 164 Å². The van der Waals surface area contributed by atoms with Gasteiger partial charge in [0.1, 0.15) is 23.9 Å². The lowest BCUT2D eigenvalue weighted by atomic mass is 10.1. The molecule has 0 spiro atoms. The molecule has 0 aromatic heterocycles. The summed E-state index contributed by atoms with van der Waals surface area (Å²) in [6, 6.07) is 18.8. The minimum absolute atomic E-state index is 0.157. The number of ether oxygens (including phenoxy) is 2. The van der Waals surface area contributed by atoms with Gasteiger partial charge in [-0.3, -0.25) is 4.79 Å². The summed E-state index contributed by atoms with van der Waals surface area (Å²) in [6.07, 6.45) is 1.71. The van der Waals surface area contributed by atoms with Crippen LogP contribution in [0.25, 0.3) is 6.08 Å². The van der Waals surface area contributed by atoms with Crippen molar-refractivity contribution in [2.75, 3.05) is 0 Å². The number of hydrogen-bond donors (Lipinski definition) is 0. The normalized spacial score (nSPS) is 14.1. The van der Waals surface area contributed by atoms with E-state index in [2.05, 4.69) is 15.9 Å². The third kappa shape index (κ3) is 3.93. The minimum Gasteiger partial charge on any atom is -0.489 e. The third-order valence-electron chi connectivity index (χ3n) is 4.11. The predicted molar refractivity (Wildman–Crippen MR) is 104 cm³/mol. The van der Waals surface area contributed by atoms with Crippen molar-refractivity contribution in [2.24, 2.45) is 0 Å². The van der Waals surface area contributed by atoms with Crippen molar-refractivity contribution in [1.29, 1.82) is 0 Å². The second kappa shape index (κ2) is 7.37. The van der Waals surface area contributed by atoms with Gasteiger partial charge in [-0.15, -0.1) is 0 Å². The molecule has 0 saturated carbocycles. The van der Waals surface area contributed by atoms with Gasteiger partial charge in [0.25, 0.3) is 0 Å². The number of hydrogen-bond acceptors (Lipinski definition) is 3. The Kier molecular flexibility index (Phi) is 4.77. The maximum atomic E-state index is 13.0. The summed E-state index contributed by atoms with van der Waals surface area (Å²) in [6.45, 7) is 0.299. The minimum atomic E-state index is -0.284. The highest BCUT2D eigenvalue weighted by atomic mass is 79.9. The first-order valence-electron chi connectivity index (χ1n) is 8.29. The van der Waals surface area contributed by atoms with E-state index in [0.29, 0.717) is 23.7 Å². The summed E-state index contributed by atoms with van der Waals surface area (Å²) in [4.78, 5) is 12.5. The van der Waals surface area contributed by atoms with Crippen molar-refractivity contribution in [3.05, 3.63) is 99.5 Å². The van der Waals surface area contributed by atoms with Crippen LogP contribution in [0.1, 0.15) is 21.5 Å². The van der Waals surface area contributed by atoms with E-state index in [-0.39, 0.29) is 17.4 Å². The average molecular weight is 425 g/mol. The second-order valence-electron chi connectivity index (χ2n) is 6.07. The van der Waals surface area contributed by atoms with Crippen molar-refractivity contribution >= 4 is 27.8 Å². The van der Waals surface area contributed by atoms with Crippen molar-refractivity contribution in [3.8, 4) is 11.5 Å². The number of ketones is 1. The first kappa shape index (κ1) is 17.5. The van der Waals surface area contributed by atoms with Crippen molar-refractivity contribution in [2.45, 2.75) is 6.61 Å². The number of Topliss-reactive ketones (excluding diaryl/α,β-unsaturated/α-hetero) is 1. The van der Waals surface area contributed by atoms with Crippen LogP contribution in [-0.2, 0) is 6.61 Å². The monoisotopic (exact) mass is 424 g/mol. The predicted octanol–water partition coefficient (Wildman–Crippen LogP) is 5.78. The van der Waals surface area contributed by atoms with E-state index in [4.69, 9.17) is 9.47 Å². The van der Waals surface area contributed by atoms with Gasteiger partial charge in [0.15, 0.2) is 5.76 Å². The summed E-state index contributed by atoms with van der Waals surface area (Å²) in [5, 5.41) is 0. The topological polar surface area (TPSA) is 35.5 Å². The van der Waals surface area contributed by atoms with Gasteiger partial charge in [-0.25, -0.2) is 4.39 Å². The molecule has 1 aliphatic heterocycles. The fourth-order valence-electron chi connectivity index (χ4n) is 2.75. The van der Waals surface area contributed by atoms with Gasteiger partial charge in [0.05, 0.1) is 5.56 Å². The van der Waals surface area contributed by atoms with Crippen molar-refractivity contribution in [3.63, 3.8) is 0 Å². The molecule has 4 rings (SSSR count). The largest absolute Gasteiger partial charge is 0.489 e. The van der Waals surface area contributed by atoms with Gasteiger partial charge < -0.3 is 9.47 Å². The molecule has 3 aromatic carbocycles. The number of benzene rings is 3. The van der Waals surface area contributed by atoms with E-state index in [0.717, 1.165) is 15.6 Å². The van der Waals surface area contributed by atoms with Crippen LogP contribution in [0.3, 0.4) is 0 Å². The van der Waals surface area contributed by atoms with Crippen LogP contribution >= 0.6 is 15.9 Å². The molecule has 27 heavy (non-hydrogen) atoms. The van der Waals surface area contributed by atoms with Gasteiger partial charge in [-0.05, 0) is 53.6 Å². The summed E-state index contributed by atoms with van der Waals surface area (Å²) < 4.78 is 25.3. The maximum Gasteiger partial charge on any atom is 0.231 e. The molecule has 0 atom stereocenters. The maximum absolute atomic E-state index is 13.0.